The molecule has 2 unspecified atom stereocenters. The van der Waals surface area contributed by atoms with Crippen molar-refractivity contribution < 1.29 is 9.47 Å². The topological polar surface area (TPSA) is 18.5 Å². The Labute approximate surface area is 123 Å². The Morgan fingerprint density at radius 1 is 0.850 bits per heavy atom. The van der Waals surface area contributed by atoms with Gasteiger partial charge in [-0.05, 0) is 61.7 Å². The molecule has 2 heterocycles. The van der Waals surface area contributed by atoms with E-state index in [0.29, 0.717) is 16.7 Å². The molecule has 2 saturated heterocycles. The highest BCUT2D eigenvalue weighted by Gasteiger charge is 2.66. The molecule has 4 aliphatic rings. The summed E-state index contributed by atoms with van der Waals surface area (Å²) in [7, 11) is 0. The fourth-order valence-corrected chi connectivity index (χ4v) is 6.65. The zero-order valence-electron chi connectivity index (χ0n) is 13.6. The Morgan fingerprint density at radius 2 is 1.60 bits per heavy atom. The quantitative estimate of drug-likeness (QED) is 0.648. The molecule has 0 radical (unpaired) electrons. The van der Waals surface area contributed by atoms with E-state index < -0.39 is 0 Å². The van der Waals surface area contributed by atoms with Crippen molar-refractivity contribution in [1.29, 1.82) is 0 Å². The summed E-state index contributed by atoms with van der Waals surface area (Å²) in [4.78, 5) is 0. The van der Waals surface area contributed by atoms with E-state index in [-0.39, 0.29) is 11.4 Å². The van der Waals surface area contributed by atoms with E-state index >= 15 is 0 Å². The largest absolute Gasteiger partial charge is 0.347 e. The molecule has 0 amide bonds. The molecule has 0 aromatic heterocycles. The van der Waals surface area contributed by atoms with Crippen LogP contribution >= 0.6 is 0 Å². The Balaban J connectivity index is 1.73. The average molecular weight is 278 g/mol. The maximum Gasteiger partial charge on any atom is 0.166 e. The molecule has 4 rings (SSSR count). The fourth-order valence-electron chi connectivity index (χ4n) is 6.65. The van der Waals surface area contributed by atoms with Crippen LogP contribution < -0.4 is 0 Å². The second kappa shape index (κ2) is 3.81. The van der Waals surface area contributed by atoms with Crippen LogP contribution in [0.4, 0.5) is 0 Å². The minimum Gasteiger partial charge on any atom is -0.347 e. The van der Waals surface area contributed by atoms with E-state index in [9.17, 15) is 0 Å². The summed E-state index contributed by atoms with van der Waals surface area (Å²) >= 11 is 0. The first-order valence-corrected chi connectivity index (χ1v) is 8.64. The molecule has 2 nitrogen and oxygen atoms in total. The molecule has 2 heteroatoms. The van der Waals surface area contributed by atoms with Crippen molar-refractivity contribution in [3.8, 4) is 0 Å². The van der Waals surface area contributed by atoms with Gasteiger partial charge in [0.1, 0.15) is 0 Å². The van der Waals surface area contributed by atoms with Crippen molar-refractivity contribution in [2.24, 2.45) is 22.7 Å². The highest BCUT2D eigenvalue weighted by Crippen LogP contribution is 2.67. The van der Waals surface area contributed by atoms with E-state index in [1.165, 1.54) is 38.5 Å². The Hall–Kier alpha value is -0.0800. The molecule has 2 saturated carbocycles. The molecule has 1 spiro atoms. The van der Waals surface area contributed by atoms with Gasteiger partial charge in [-0.25, -0.2) is 0 Å². The van der Waals surface area contributed by atoms with Gasteiger partial charge in [0.15, 0.2) is 5.79 Å². The second-order valence-electron chi connectivity index (χ2n) is 9.12. The molecule has 5 atom stereocenters. The number of hydrogen-bond acceptors (Lipinski definition) is 2. The van der Waals surface area contributed by atoms with Crippen molar-refractivity contribution in [3.63, 3.8) is 0 Å². The molecule has 0 N–H and O–H groups in total. The SMILES string of the molecule is CC1(C)CCC[C@@]2(C)C1CC[C@]13CO[C@](C)(CCC12)O3. The van der Waals surface area contributed by atoms with Crippen LogP contribution in [0.1, 0.15) is 72.6 Å². The van der Waals surface area contributed by atoms with Crippen LogP contribution in [0.15, 0.2) is 0 Å². The molecule has 4 fully saturated rings. The number of rotatable bonds is 0. The van der Waals surface area contributed by atoms with Crippen LogP contribution in [0.5, 0.6) is 0 Å². The Kier molecular flexibility index (Phi) is 2.59. The monoisotopic (exact) mass is 278 g/mol. The molecular formula is C18H30O2. The van der Waals surface area contributed by atoms with E-state index in [0.717, 1.165) is 18.9 Å². The molecule has 0 aromatic rings. The summed E-state index contributed by atoms with van der Waals surface area (Å²) in [6.07, 6.45) is 9.14. The first-order chi connectivity index (χ1) is 9.30. The summed E-state index contributed by atoms with van der Waals surface area (Å²) in [6.45, 7) is 10.6. The van der Waals surface area contributed by atoms with E-state index in [1.807, 2.05) is 0 Å². The Morgan fingerprint density at radius 3 is 2.40 bits per heavy atom. The van der Waals surface area contributed by atoms with Gasteiger partial charge in [-0.1, -0.05) is 27.2 Å². The summed E-state index contributed by atoms with van der Waals surface area (Å²) in [5.74, 6) is 1.31. The van der Waals surface area contributed by atoms with E-state index in [2.05, 4.69) is 27.7 Å². The van der Waals surface area contributed by atoms with Gasteiger partial charge in [0.05, 0.1) is 12.2 Å². The highest BCUT2D eigenvalue weighted by atomic mass is 16.8. The summed E-state index contributed by atoms with van der Waals surface area (Å²) in [5.41, 5.74) is 1.02. The van der Waals surface area contributed by atoms with Crippen LogP contribution in [0, 0.1) is 22.7 Å². The molecule has 0 aromatic carbocycles. The molecule has 2 aliphatic heterocycles. The lowest BCUT2D eigenvalue weighted by Gasteiger charge is -2.63. The Bertz CT molecular complexity index is 431. The molecular weight excluding hydrogens is 248 g/mol. The first kappa shape index (κ1) is 13.6. The third-order valence-corrected chi connectivity index (χ3v) is 7.49. The minimum absolute atomic E-state index is 0.0473. The second-order valence-corrected chi connectivity index (χ2v) is 9.12. The van der Waals surface area contributed by atoms with Crippen LogP contribution in [-0.2, 0) is 9.47 Å². The summed E-state index contributed by atoms with van der Waals surface area (Å²) in [6, 6.07) is 0. The van der Waals surface area contributed by atoms with Crippen LogP contribution in [-0.4, -0.2) is 18.0 Å². The van der Waals surface area contributed by atoms with Crippen molar-refractivity contribution in [3.05, 3.63) is 0 Å². The minimum atomic E-state index is -0.274. The lowest BCUT2D eigenvalue weighted by atomic mass is 9.44. The number of hydrogen-bond donors (Lipinski definition) is 0. The molecule has 2 bridgehead atoms. The van der Waals surface area contributed by atoms with Gasteiger partial charge >= 0.3 is 0 Å². The van der Waals surface area contributed by atoms with Gasteiger partial charge in [-0.2, -0.15) is 0 Å². The predicted molar refractivity (Wildman–Crippen MR) is 79.4 cm³/mol. The first-order valence-electron chi connectivity index (χ1n) is 8.64. The molecule has 2 aliphatic carbocycles. The van der Waals surface area contributed by atoms with Crippen molar-refractivity contribution in [1.82, 2.24) is 0 Å². The third-order valence-electron chi connectivity index (χ3n) is 7.49. The zero-order valence-corrected chi connectivity index (χ0v) is 13.6. The van der Waals surface area contributed by atoms with Crippen LogP contribution in [0.3, 0.4) is 0 Å². The maximum absolute atomic E-state index is 6.54. The van der Waals surface area contributed by atoms with Gasteiger partial charge in [0, 0.05) is 6.42 Å². The number of ether oxygens (including phenoxy) is 2. The fraction of sp³-hybridized carbons (Fsp3) is 1.00. The van der Waals surface area contributed by atoms with Gasteiger partial charge < -0.3 is 9.47 Å². The van der Waals surface area contributed by atoms with Gasteiger partial charge in [0.25, 0.3) is 0 Å². The lowest BCUT2D eigenvalue weighted by molar-refractivity contribution is -0.260. The third kappa shape index (κ3) is 1.58. The van der Waals surface area contributed by atoms with Crippen LogP contribution in [0.2, 0.25) is 0 Å². The predicted octanol–water partition coefficient (Wildman–Crippen LogP) is 4.52. The van der Waals surface area contributed by atoms with E-state index in [4.69, 9.17) is 9.47 Å². The van der Waals surface area contributed by atoms with Crippen LogP contribution in [0.25, 0.3) is 0 Å². The van der Waals surface area contributed by atoms with Gasteiger partial charge in [0.2, 0.25) is 0 Å². The average Bonchev–Trinajstić information content (AvgIpc) is 2.58. The van der Waals surface area contributed by atoms with Gasteiger partial charge in [-0.15, -0.1) is 0 Å². The van der Waals surface area contributed by atoms with Crippen molar-refractivity contribution >= 4 is 0 Å². The standard InChI is InChI=1S/C18H30O2/c1-15(2)8-5-9-16(3)13(15)7-11-18-12-19-17(4,20-18)10-6-14(16)18/h13-14H,5-12H2,1-4H3/t13?,14?,16-,17-,18-/m0/s1. The van der Waals surface area contributed by atoms with Gasteiger partial charge in [-0.3, -0.25) is 0 Å². The normalized spacial score (nSPS) is 57.0. The van der Waals surface area contributed by atoms with Crippen molar-refractivity contribution in [2.45, 2.75) is 84.0 Å². The maximum atomic E-state index is 6.54. The summed E-state index contributed by atoms with van der Waals surface area (Å²) in [5, 5.41) is 0. The lowest BCUT2D eigenvalue weighted by Crippen LogP contribution is -2.61. The molecule has 20 heavy (non-hydrogen) atoms. The van der Waals surface area contributed by atoms with Crippen molar-refractivity contribution in [2.75, 3.05) is 6.61 Å². The zero-order chi connectivity index (χ0) is 14.2. The smallest absolute Gasteiger partial charge is 0.166 e. The highest BCUT2D eigenvalue weighted by molar-refractivity contribution is 5.13. The van der Waals surface area contributed by atoms with E-state index in [1.54, 1.807) is 0 Å². The summed E-state index contributed by atoms with van der Waals surface area (Å²) < 4.78 is 12.6. The number of fused-ring (bicyclic) bond motifs is 3. The molecule has 114 valence electrons.